The van der Waals surface area contributed by atoms with E-state index >= 15 is 0 Å². The van der Waals surface area contributed by atoms with Gasteiger partial charge in [0, 0.05) is 12.1 Å². The number of allylic oxidation sites excluding steroid dienone is 9. The highest BCUT2D eigenvalue weighted by Crippen LogP contribution is 2.33. The summed E-state index contributed by atoms with van der Waals surface area (Å²) in [5, 5.41) is 7.26. The zero-order chi connectivity index (χ0) is 26.7. The fourth-order valence-corrected chi connectivity index (χ4v) is 4.00. The molecule has 1 unspecified atom stereocenters. The summed E-state index contributed by atoms with van der Waals surface area (Å²) in [6.45, 7) is 18.2. The summed E-state index contributed by atoms with van der Waals surface area (Å²) < 4.78 is 26.3. The molecular formula is C33H37F2N. The molecular weight excluding hydrogens is 448 g/mol. The van der Waals surface area contributed by atoms with Crippen molar-refractivity contribution in [2.75, 3.05) is 0 Å². The Labute approximate surface area is 215 Å². The van der Waals surface area contributed by atoms with Gasteiger partial charge in [-0.05, 0) is 95.9 Å². The summed E-state index contributed by atoms with van der Waals surface area (Å²) >= 11 is 0. The molecule has 3 heteroatoms. The minimum Gasteiger partial charge on any atom is -0.308 e. The molecule has 1 atom stereocenters. The molecule has 0 saturated heterocycles. The van der Waals surface area contributed by atoms with Gasteiger partial charge in [-0.2, -0.15) is 0 Å². The standard InChI is InChI=1S/C20H22F2.C13H15N/c1-4-5-7-14(2)18-9-6-8-17(15(18)3)12-16-10-11-19(21)20(22)13-16;1-4-5-10(2)12-7-6-11(3)13(8-12)9-14/h6,8-11,13,17H,2-5,7,12H2,1H3;4-9,14H,1H2,2-3H3/b;10-5+,14-9?. The van der Waals surface area contributed by atoms with Gasteiger partial charge in [-0.3, -0.25) is 0 Å². The molecule has 2 aromatic carbocycles. The van der Waals surface area contributed by atoms with Crippen LogP contribution in [0.15, 0.2) is 103 Å². The molecule has 1 aliphatic carbocycles. The fraction of sp³-hybridized carbons (Fsp3) is 0.242. The number of unbranched alkanes of at least 4 members (excludes halogenated alkanes) is 1. The van der Waals surface area contributed by atoms with Gasteiger partial charge in [0.25, 0.3) is 0 Å². The SMILES string of the molecule is C=C(CCCC)C1=CC=CC(Cc2ccc(F)c(F)c2)C1=C.C=C/C=C(\C)c1ccc(C)c(C=N)c1. The van der Waals surface area contributed by atoms with Crippen molar-refractivity contribution in [3.63, 3.8) is 0 Å². The molecule has 0 spiro atoms. The molecule has 3 rings (SSSR count). The second-order valence-corrected chi connectivity index (χ2v) is 9.06. The van der Waals surface area contributed by atoms with Gasteiger partial charge in [-0.1, -0.05) is 81.7 Å². The number of halogens is 2. The van der Waals surface area contributed by atoms with E-state index in [9.17, 15) is 8.78 Å². The second-order valence-electron chi connectivity index (χ2n) is 9.06. The first kappa shape index (κ1) is 28.6. The van der Waals surface area contributed by atoms with Crippen LogP contribution in [0.3, 0.4) is 0 Å². The van der Waals surface area contributed by atoms with Crippen LogP contribution in [0.4, 0.5) is 8.78 Å². The predicted molar refractivity (Wildman–Crippen MR) is 151 cm³/mol. The first-order chi connectivity index (χ1) is 17.2. The van der Waals surface area contributed by atoms with E-state index in [0.29, 0.717) is 6.42 Å². The highest BCUT2D eigenvalue weighted by molar-refractivity contribution is 5.81. The molecule has 1 nitrogen and oxygen atoms in total. The van der Waals surface area contributed by atoms with Crippen molar-refractivity contribution in [1.82, 2.24) is 0 Å². The van der Waals surface area contributed by atoms with Crippen molar-refractivity contribution >= 4 is 11.8 Å². The zero-order valence-corrected chi connectivity index (χ0v) is 21.7. The Bertz CT molecular complexity index is 1210. The van der Waals surface area contributed by atoms with Crippen LogP contribution in [-0.4, -0.2) is 6.21 Å². The Balaban J connectivity index is 0.000000281. The van der Waals surface area contributed by atoms with Crippen molar-refractivity contribution in [1.29, 1.82) is 5.41 Å². The lowest BCUT2D eigenvalue weighted by Crippen LogP contribution is -2.11. The molecule has 0 bridgehead atoms. The summed E-state index contributed by atoms with van der Waals surface area (Å²) in [7, 11) is 0. The van der Waals surface area contributed by atoms with Crippen molar-refractivity contribution in [2.45, 2.75) is 46.5 Å². The molecule has 0 heterocycles. The van der Waals surface area contributed by atoms with E-state index in [2.05, 4.69) is 38.8 Å². The first-order valence-corrected chi connectivity index (χ1v) is 12.3. The van der Waals surface area contributed by atoms with Crippen molar-refractivity contribution < 1.29 is 8.78 Å². The Kier molecular flexibility index (Phi) is 11.2. The lowest BCUT2D eigenvalue weighted by Gasteiger charge is -2.23. The van der Waals surface area contributed by atoms with Crippen LogP contribution in [0.5, 0.6) is 0 Å². The Morgan fingerprint density at radius 1 is 1.11 bits per heavy atom. The van der Waals surface area contributed by atoms with Gasteiger partial charge in [0.15, 0.2) is 11.6 Å². The van der Waals surface area contributed by atoms with Crippen molar-refractivity contribution in [3.05, 3.63) is 137 Å². The summed E-state index contributed by atoms with van der Waals surface area (Å²) in [6, 6.07) is 10.2. The van der Waals surface area contributed by atoms with Gasteiger partial charge in [0.05, 0.1) is 0 Å². The molecule has 188 valence electrons. The normalized spacial score (nSPS) is 15.0. The van der Waals surface area contributed by atoms with Gasteiger partial charge in [-0.25, -0.2) is 8.78 Å². The van der Waals surface area contributed by atoms with E-state index in [1.165, 1.54) is 23.9 Å². The van der Waals surface area contributed by atoms with E-state index in [-0.39, 0.29) is 5.92 Å². The van der Waals surface area contributed by atoms with Crippen LogP contribution in [0.1, 0.15) is 55.4 Å². The minimum atomic E-state index is -0.810. The maximum Gasteiger partial charge on any atom is 0.159 e. The van der Waals surface area contributed by atoms with Crippen molar-refractivity contribution in [3.8, 4) is 0 Å². The summed E-state index contributed by atoms with van der Waals surface area (Å²) in [5.41, 5.74) is 8.41. The third-order valence-electron chi connectivity index (χ3n) is 6.31. The fourth-order valence-electron chi connectivity index (χ4n) is 4.00. The largest absolute Gasteiger partial charge is 0.308 e. The maximum atomic E-state index is 13.3. The lowest BCUT2D eigenvalue weighted by molar-refractivity contribution is 0.506. The highest BCUT2D eigenvalue weighted by atomic mass is 19.2. The smallest absolute Gasteiger partial charge is 0.159 e. The average molecular weight is 486 g/mol. The average Bonchev–Trinajstić information content (AvgIpc) is 2.87. The number of nitrogens with one attached hydrogen (secondary N) is 1. The Morgan fingerprint density at radius 3 is 2.50 bits per heavy atom. The number of aryl methyl sites for hydroxylation is 1. The number of hydrogen-bond donors (Lipinski definition) is 1. The number of rotatable bonds is 9. The maximum absolute atomic E-state index is 13.3. The third kappa shape index (κ3) is 7.98. The summed E-state index contributed by atoms with van der Waals surface area (Å²) in [6.07, 6.45) is 15.1. The second kappa shape index (κ2) is 14.1. The Hall–Kier alpha value is -3.59. The van der Waals surface area contributed by atoms with Crippen molar-refractivity contribution in [2.24, 2.45) is 5.92 Å². The molecule has 0 aromatic heterocycles. The quantitative estimate of drug-likeness (QED) is 0.270. The van der Waals surface area contributed by atoms with Crippen LogP contribution >= 0.6 is 0 Å². The van der Waals surface area contributed by atoms with Crippen LogP contribution < -0.4 is 0 Å². The molecule has 1 N–H and O–H groups in total. The molecule has 0 fully saturated rings. The molecule has 0 amide bonds. The summed E-state index contributed by atoms with van der Waals surface area (Å²) in [4.78, 5) is 0. The minimum absolute atomic E-state index is 0.100. The summed E-state index contributed by atoms with van der Waals surface area (Å²) in [5.74, 6) is -1.51. The lowest BCUT2D eigenvalue weighted by atomic mass is 9.81. The molecule has 36 heavy (non-hydrogen) atoms. The van der Waals surface area contributed by atoms with Gasteiger partial charge in [-0.15, -0.1) is 0 Å². The van der Waals surface area contributed by atoms with Gasteiger partial charge in [0.1, 0.15) is 0 Å². The molecule has 2 aromatic rings. The van der Waals surface area contributed by atoms with E-state index in [1.807, 2.05) is 44.2 Å². The molecule has 0 saturated carbocycles. The Morgan fingerprint density at radius 2 is 1.86 bits per heavy atom. The van der Waals surface area contributed by atoms with Crippen LogP contribution in [0.2, 0.25) is 0 Å². The highest BCUT2D eigenvalue weighted by Gasteiger charge is 2.19. The van der Waals surface area contributed by atoms with Crippen LogP contribution in [-0.2, 0) is 6.42 Å². The number of hydrogen-bond acceptors (Lipinski definition) is 1. The molecule has 0 radical (unpaired) electrons. The zero-order valence-electron chi connectivity index (χ0n) is 21.7. The molecule has 0 aliphatic heterocycles. The first-order valence-electron chi connectivity index (χ1n) is 12.3. The predicted octanol–water partition coefficient (Wildman–Crippen LogP) is 9.50. The van der Waals surface area contributed by atoms with Crippen LogP contribution in [0.25, 0.3) is 5.57 Å². The van der Waals surface area contributed by atoms with Gasteiger partial charge < -0.3 is 5.41 Å². The monoisotopic (exact) mass is 485 g/mol. The number of benzene rings is 2. The molecule has 1 aliphatic rings. The van der Waals surface area contributed by atoms with Gasteiger partial charge >= 0.3 is 0 Å². The van der Waals surface area contributed by atoms with Crippen LogP contribution in [0, 0.1) is 29.9 Å². The van der Waals surface area contributed by atoms with E-state index in [1.54, 1.807) is 12.1 Å². The van der Waals surface area contributed by atoms with E-state index in [4.69, 9.17) is 5.41 Å². The van der Waals surface area contributed by atoms with Gasteiger partial charge in [0.2, 0.25) is 0 Å². The van der Waals surface area contributed by atoms with E-state index < -0.39 is 11.6 Å². The third-order valence-corrected chi connectivity index (χ3v) is 6.31. The van der Waals surface area contributed by atoms with E-state index in [0.717, 1.165) is 58.2 Å². The topological polar surface area (TPSA) is 23.9 Å².